The Labute approximate surface area is 164 Å². The summed E-state index contributed by atoms with van der Waals surface area (Å²) in [5, 5.41) is 6.21. The fraction of sp³-hybridized carbons (Fsp3) is 0.389. The molecular formula is C18H19ClF3N3O3. The number of esters is 1. The number of hydrogen-bond acceptors (Lipinski definition) is 4. The maximum Gasteiger partial charge on any atom is 0.418 e. The van der Waals surface area contributed by atoms with E-state index >= 15 is 0 Å². The Hall–Kier alpha value is -2.55. The second kappa shape index (κ2) is 8.64. The molecule has 152 valence electrons. The topological polar surface area (TPSA) is 73.2 Å². The Morgan fingerprint density at radius 1 is 1.29 bits per heavy atom. The molecule has 6 nitrogen and oxygen atoms in total. The molecule has 0 saturated carbocycles. The molecule has 0 spiro atoms. The lowest BCUT2D eigenvalue weighted by Crippen LogP contribution is -2.31. The van der Waals surface area contributed by atoms with Gasteiger partial charge in [0.05, 0.1) is 29.9 Å². The molecule has 1 amide bonds. The standard InChI is InChI=1S/C18H19ClF3N3O3/c1-10-8-11(2)25(24-10)7-6-16(26)28-12(3)17(27)23-15-5-4-13(19)9-14(15)18(20,21)22/h4-5,8-9,12H,6-7H2,1-3H3,(H,23,27). The van der Waals surface area contributed by atoms with E-state index in [4.69, 9.17) is 16.3 Å². The molecule has 0 aliphatic rings. The lowest BCUT2D eigenvalue weighted by Gasteiger charge is -2.17. The van der Waals surface area contributed by atoms with Gasteiger partial charge in [-0.3, -0.25) is 14.3 Å². The van der Waals surface area contributed by atoms with E-state index in [-0.39, 0.29) is 18.0 Å². The summed E-state index contributed by atoms with van der Waals surface area (Å²) in [6.45, 7) is 5.20. The highest BCUT2D eigenvalue weighted by molar-refractivity contribution is 6.30. The van der Waals surface area contributed by atoms with Crippen LogP contribution in [-0.2, 0) is 27.0 Å². The number of anilines is 1. The van der Waals surface area contributed by atoms with Gasteiger partial charge in [-0.25, -0.2) is 0 Å². The second-order valence-electron chi connectivity index (χ2n) is 6.21. The molecule has 0 aliphatic heterocycles. The monoisotopic (exact) mass is 417 g/mol. The van der Waals surface area contributed by atoms with Gasteiger partial charge < -0.3 is 10.1 Å². The maximum atomic E-state index is 13.1. The van der Waals surface area contributed by atoms with Gasteiger partial charge in [0.1, 0.15) is 0 Å². The molecule has 1 aromatic carbocycles. The molecule has 0 aliphatic carbocycles. The maximum absolute atomic E-state index is 13.1. The third kappa shape index (κ3) is 5.72. The van der Waals surface area contributed by atoms with Crippen molar-refractivity contribution >= 4 is 29.2 Å². The van der Waals surface area contributed by atoms with Crippen molar-refractivity contribution in [2.75, 3.05) is 5.32 Å². The van der Waals surface area contributed by atoms with Crippen molar-refractivity contribution < 1.29 is 27.5 Å². The normalized spacial score (nSPS) is 12.5. The molecule has 2 aromatic rings. The summed E-state index contributed by atoms with van der Waals surface area (Å²) in [6, 6.07) is 4.83. The molecule has 1 aromatic heterocycles. The number of carbonyl (C=O) groups is 2. The number of aryl methyl sites for hydroxylation is 3. The van der Waals surface area contributed by atoms with Crippen molar-refractivity contribution in [1.82, 2.24) is 9.78 Å². The van der Waals surface area contributed by atoms with Gasteiger partial charge in [0.15, 0.2) is 6.10 Å². The van der Waals surface area contributed by atoms with Crippen LogP contribution in [0.4, 0.5) is 18.9 Å². The predicted octanol–water partition coefficient (Wildman–Crippen LogP) is 4.13. The van der Waals surface area contributed by atoms with Gasteiger partial charge in [0.25, 0.3) is 5.91 Å². The van der Waals surface area contributed by atoms with Crippen LogP contribution in [-0.4, -0.2) is 27.8 Å². The average Bonchev–Trinajstić information content (AvgIpc) is 2.91. The van der Waals surface area contributed by atoms with E-state index in [0.29, 0.717) is 6.07 Å². The van der Waals surface area contributed by atoms with Gasteiger partial charge in [-0.2, -0.15) is 18.3 Å². The molecule has 1 N–H and O–H groups in total. The van der Waals surface area contributed by atoms with Crippen LogP contribution < -0.4 is 5.32 Å². The number of carbonyl (C=O) groups excluding carboxylic acids is 2. The van der Waals surface area contributed by atoms with E-state index < -0.39 is 35.4 Å². The Morgan fingerprint density at radius 2 is 1.96 bits per heavy atom. The van der Waals surface area contributed by atoms with E-state index in [1.807, 2.05) is 19.9 Å². The molecule has 0 radical (unpaired) electrons. The molecule has 0 fully saturated rings. The van der Waals surface area contributed by atoms with Gasteiger partial charge in [-0.15, -0.1) is 0 Å². The summed E-state index contributed by atoms with van der Waals surface area (Å²) in [4.78, 5) is 24.1. The van der Waals surface area contributed by atoms with Crippen LogP contribution in [0.15, 0.2) is 24.3 Å². The second-order valence-corrected chi connectivity index (χ2v) is 6.65. The summed E-state index contributed by atoms with van der Waals surface area (Å²) in [5.74, 6) is -1.55. The smallest absolute Gasteiger partial charge is 0.418 e. The zero-order valence-corrected chi connectivity index (χ0v) is 16.2. The number of aromatic nitrogens is 2. The SMILES string of the molecule is Cc1cc(C)n(CCC(=O)OC(C)C(=O)Nc2ccc(Cl)cc2C(F)(F)F)n1. The number of rotatable bonds is 6. The molecule has 0 saturated heterocycles. The van der Waals surface area contributed by atoms with E-state index in [0.717, 1.165) is 17.5 Å². The Morgan fingerprint density at radius 3 is 2.54 bits per heavy atom. The number of nitrogens with zero attached hydrogens (tertiary/aromatic N) is 2. The highest BCUT2D eigenvalue weighted by atomic mass is 35.5. The number of benzene rings is 1. The third-order valence-electron chi connectivity index (χ3n) is 3.85. The molecule has 28 heavy (non-hydrogen) atoms. The average molecular weight is 418 g/mol. The van der Waals surface area contributed by atoms with Crippen molar-refractivity contribution in [2.24, 2.45) is 0 Å². The molecule has 10 heteroatoms. The minimum Gasteiger partial charge on any atom is -0.452 e. The summed E-state index contributed by atoms with van der Waals surface area (Å²) in [5.41, 5.74) is 0.129. The largest absolute Gasteiger partial charge is 0.452 e. The van der Waals surface area contributed by atoms with E-state index in [9.17, 15) is 22.8 Å². The first-order chi connectivity index (χ1) is 13.0. The quantitative estimate of drug-likeness (QED) is 0.717. The van der Waals surface area contributed by atoms with Crippen LogP contribution in [0.25, 0.3) is 0 Å². The number of ether oxygens (including phenoxy) is 1. The van der Waals surface area contributed by atoms with Crippen molar-refractivity contribution in [3.05, 3.63) is 46.2 Å². The van der Waals surface area contributed by atoms with Gasteiger partial charge in [-0.05, 0) is 45.0 Å². The van der Waals surface area contributed by atoms with E-state index in [1.165, 1.54) is 13.0 Å². The van der Waals surface area contributed by atoms with Crippen LogP contribution in [0.5, 0.6) is 0 Å². The number of amides is 1. The predicted molar refractivity (Wildman–Crippen MR) is 97.0 cm³/mol. The molecule has 1 unspecified atom stereocenters. The highest BCUT2D eigenvalue weighted by Crippen LogP contribution is 2.36. The summed E-state index contributed by atoms with van der Waals surface area (Å²) >= 11 is 5.60. The highest BCUT2D eigenvalue weighted by Gasteiger charge is 2.34. The molecular weight excluding hydrogens is 399 g/mol. The first-order valence-electron chi connectivity index (χ1n) is 8.35. The summed E-state index contributed by atoms with van der Waals surface area (Å²) in [7, 11) is 0. The zero-order chi connectivity index (χ0) is 21.1. The summed E-state index contributed by atoms with van der Waals surface area (Å²) < 4.78 is 45.9. The number of nitrogens with one attached hydrogen (secondary N) is 1. The molecule has 0 bridgehead atoms. The van der Waals surface area contributed by atoms with Crippen LogP contribution >= 0.6 is 11.6 Å². The molecule has 2 rings (SSSR count). The minimum atomic E-state index is -4.70. The lowest BCUT2D eigenvalue weighted by atomic mass is 10.1. The van der Waals surface area contributed by atoms with Crippen molar-refractivity contribution in [3.8, 4) is 0 Å². The van der Waals surface area contributed by atoms with Gasteiger partial charge >= 0.3 is 12.1 Å². The van der Waals surface area contributed by atoms with Gasteiger partial charge in [0.2, 0.25) is 0 Å². The van der Waals surface area contributed by atoms with E-state index in [1.54, 1.807) is 4.68 Å². The number of halogens is 4. The van der Waals surface area contributed by atoms with E-state index in [2.05, 4.69) is 10.4 Å². The Bertz CT molecular complexity index is 881. The number of alkyl halides is 3. The van der Waals surface area contributed by atoms with Crippen LogP contribution in [0.3, 0.4) is 0 Å². The van der Waals surface area contributed by atoms with Crippen LogP contribution in [0, 0.1) is 13.8 Å². The first kappa shape index (κ1) is 21.7. The first-order valence-corrected chi connectivity index (χ1v) is 8.73. The Balaban J connectivity index is 1.96. The fourth-order valence-corrected chi connectivity index (χ4v) is 2.67. The van der Waals surface area contributed by atoms with Crippen LogP contribution in [0.2, 0.25) is 5.02 Å². The third-order valence-corrected chi connectivity index (χ3v) is 4.09. The van der Waals surface area contributed by atoms with Gasteiger partial charge in [-0.1, -0.05) is 11.6 Å². The van der Waals surface area contributed by atoms with Crippen LogP contribution in [0.1, 0.15) is 30.3 Å². The van der Waals surface area contributed by atoms with Crippen molar-refractivity contribution in [1.29, 1.82) is 0 Å². The molecule has 1 heterocycles. The Kier molecular flexibility index (Phi) is 6.71. The molecule has 1 atom stereocenters. The minimum absolute atomic E-state index is 0.0334. The van der Waals surface area contributed by atoms with Crippen molar-refractivity contribution in [3.63, 3.8) is 0 Å². The van der Waals surface area contributed by atoms with Crippen molar-refractivity contribution in [2.45, 2.75) is 46.0 Å². The number of hydrogen-bond donors (Lipinski definition) is 1. The fourth-order valence-electron chi connectivity index (χ4n) is 2.50. The summed E-state index contributed by atoms with van der Waals surface area (Å²) in [6.07, 6.45) is -6.01. The van der Waals surface area contributed by atoms with Gasteiger partial charge in [0, 0.05) is 10.7 Å². The lowest BCUT2D eigenvalue weighted by molar-refractivity contribution is -0.153. The zero-order valence-electron chi connectivity index (χ0n) is 15.4.